The van der Waals surface area contributed by atoms with E-state index >= 15 is 0 Å². The molecular weight excluding hydrogens is 370 g/mol. The maximum absolute atomic E-state index is 11.7. The number of nitrogens with zero attached hydrogens (tertiary/aromatic N) is 4. The molecule has 0 aliphatic carbocycles. The molecule has 0 radical (unpaired) electrons. The van der Waals surface area contributed by atoms with E-state index in [0.29, 0.717) is 11.9 Å². The molecule has 0 aromatic carbocycles. The van der Waals surface area contributed by atoms with Crippen molar-refractivity contribution in [1.82, 2.24) is 14.6 Å². The largest absolute Gasteiger partial charge is 0.508 e. The Morgan fingerprint density at radius 3 is 2.96 bits per heavy atom. The smallest absolute Gasteiger partial charge is 0.431 e. The first-order valence-electron chi connectivity index (χ1n) is 8.71. The molecule has 150 valence electrons. The highest BCUT2D eigenvalue weighted by Crippen LogP contribution is 2.40. The summed E-state index contributed by atoms with van der Waals surface area (Å²) in [4.78, 5) is 15.5. The van der Waals surface area contributed by atoms with Crippen LogP contribution >= 0.6 is 0 Å². The van der Waals surface area contributed by atoms with Crippen LogP contribution in [-0.2, 0) is 19.8 Å². The molecule has 2 aromatic rings. The molecule has 1 saturated heterocycles. The molecule has 1 aliphatic heterocycles. The molecule has 0 unspecified atom stereocenters. The fourth-order valence-corrected chi connectivity index (χ4v) is 2.98. The van der Waals surface area contributed by atoms with E-state index in [1.54, 1.807) is 13.0 Å². The molecule has 11 nitrogen and oxygen atoms in total. The van der Waals surface area contributed by atoms with Crippen molar-refractivity contribution in [3.05, 3.63) is 24.2 Å². The van der Waals surface area contributed by atoms with Crippen LogP contribution in [-0.4, -0.2) is 62.0 Å². The average Bonchev–Trinajstić information content (AvgIpc) is 3.22. The number of nitriles is 1. The Labute approximate surface area is 160 Å². The summed E-state index contributed by atoms with van der Waals surface area (Å²) in [6.45, 7) is 3.15. The van der Waals surface area contributed by atoms with Gasteiger partial charge < -0.3 is 30.2 Å². The highest BCUT2D eigenvalue weighted by Gasteiger charge is 2.57. The molecule has 1 aliphatic rings. The van der Waals surface area contributed by atoms with E-state index in [1.807, 2.05) is 13.0 Å². The summed E-state index contributed by atoms with van der Waals surface area (Å²) in [5, 5.41) is 34.8. The second kappa shape index (κ2) is 7.59. The average molecular weight is 391 g/mol. The predicted molar refractivity (Wildman–Crippen MR) is 93.8 cm³/mol. The number of hydrogen-bond acceptors (Lipinski definition) is 10. The highest BCUT2D eigenvalue weighted by molar-refractivity contribution is 5.66. The number of hydrogen-bond donors (Lipinski definition) is 3. The molecular formula is C17H21N5O6. The van der Waals surface area contributed by atoms with Gasteiger partial charge in [-0.1, -0.05) is 6.92 Å². The van der Waals surface area contributed by atoms with Crippen LogP contribution in [0.15, 0.2) is 18.5 Å². The zero-order valence-corrected chi connectivity index (χ0v) is 15.3. The summed E-state index contributed by atoms with van der Waals surface area (Å²) >= 11 is 0. The summed E-state index contributed by atoms with van der Waals surface area (Å²) in [5.41, 5.74) is 4.43. The van der Waals surface area contributed by atoms with E-state index in [-0.39, 0.29) is 17.6 Å². The van der Waals surface area contributed by atoms with Crippen LogP contribution in [0.1, 0.15) is 26.0 Å². The van der Waals surface area contributed by atoms with E-state index in [1.165, 1.54) is 16.9 Å². The van der Waals surface area contributed by atoms with Gasteiger partial charge in [0.2, 0.25) is 5.60 Å². The quantitative estimate of drug-likeness (QED) is 0.595. The van der Waals surface area contributed by atoms with Gasteiger partial charge in [0.1, 0.15) is 48.9 Å². The van der Waals surface area contributed by atoms with Crippen molar-refractivity contribution in [2.24, 2.45) is 0 Å². The van der Waals surface area contributed by atoms with Crippen molar-refractivity contribution in [3.8, 4) is 6.07 Å². The van der Waals surface area contributed by atoms with E-state index in [4.69, 9.17) is 19.9 Å². The maximum Gasteiger partial charge on any atom is 0.508 e. The van der Waals surface area contributed by atoms with Crippen LogP contribution in [0.3, 0.4) is 0 Å². The number of nitrogens with two attached hydrogens (primary N) is 1. The van der Waals surface area contributed by atoms with Crippen molar-refractivity contribution in [2.75, 3.05) is 12.3 Å². The third kappa shape index (κ3) is 3.22. The molecule has 0 spiro atoms. The van der Waals surface area contributed by atoms with Crippen LogP contribution < -0.4 is 5.73 Å². The first kappa shape index (κ1) is 19.8. The van der Waals surface area contributed by atoms with Crippen molar-refractivity contribution in [1.29, 1.82) is 5.26 Å². The van der Waals surface area contributed by atoms with Crippen molar-refractivity contribution >= 4 is 17.5 Å². The Bertz CT molecular complexity index is 911. The van der Waals surface area contributed by atoms with E-state index < -0.39 is 36.7 Å². The second-order valence-electron chi connectivity index (χ2n) is 6.50. The summed E-state index contributed by atoms with van der Waals surface area (Å²) in [6.07, 6.45) is -3.71. The Morgan fingerprint density at radius 1 is 1.54 bits per heavy atom. The number of fused-ring (bicyclic) bond motifs is 1. The third-order valence-corrected chi connectivity index (χ3v) is 4.72. The lowest BCUT2D eigenvalue weighted by atomic mass is 9.92. The molecule has 4 N–H and O–H groups in total. The second-order valence-corrected chi connectivity index (χ2v) is 6.50. The Hall–Kier alpha value is -2.94. The van der Waals surface area contributed by atoms with Crippen LogP contribution in [0, 0.1) is 11.3 Å². The fourth-order valence-electron chi connectivity index (χ4n) is 2.98. The molecule has 0 saturated carbocycles. The SMILES string of the molecule is CC[C@@H](C)OC(=O)OC[C@H]1O[C@@](C#N)(c2ccc3c(N)ncnn23)[C@H](O)[C@@H]1O. The first-order chi connectivity index (χ1) is 13.3. The van der Waals surface area contributed by atoms with Gasteiger partial charge >= 0.3 is 6.16 Å². The van der Waals surface area contributed by atoms with Crippen molar-refractivity contribution in [2.45, 2.75) is 50.3 Å². The highest BCUT2D eigenvalue weighted by atomic mass is 16.7. The number of aliphatic hydroxyl groups is 2. The zero-order chi connectivity index (χ0) is 20.5. The van der Waals surface area contributed by atoms with Gasteiger partial charge in [-0.05, 0) is 25.5 Å². The number of rotatable bonds is 5. The van der Waals surface area contributed by atoms with Gasteiger partial charge in [0, 0.05) is 0 Å². The Balaban J connectivity index is 1.84. The van der Waals surface area contributed by atoms with Gasteiger partial charge in [0.05, 0.1) is 5.69 Å². The molecule has 3 heterocycles. The minimum absolute atomic E-state index is 0.162. The summed E-state index contributed by atoms with van der Waals surface area (Å²) < 4.78 is 16.9. The standard InChI is InChI=1S/C17H21N5O6/c1-3-9(2)27-16(25)26-6-11-13(23)14(24)17(7-18,28-11)12-5-4-10-15(19)20-8-21-22(10)12/h4-5,8-9,11,13-14,23-24H,3,6H2,1-2H3,(H2,19,20,21)/t9-,11-,13-,14-,17+/m1/s1. The summed E-state index contributed by atoms with van der Waals surface area (Å²) in [6, 6.07) is 4.97. The Kier molecular flexibility index (Phi) is 5.37. The third-order valence-electron chi connectivity index (χ3n) is 4.72. The van der Waals surface area contributed by atoms with Gasteiger partial charge in [-0.15, -0.1) is 0 Å². The monoisotopic (exact) mass is 391 g/mol. The lowest BCUT2D eigenvalue weighted by molar-refractivity contribution is -0.0743. The number of carbonyl (C=O) groups is 1. The summed E-state index contributed by atoms with van der Waals surface area (Å²) in [7, 11) is 0. The normalized spacial score (nSPS) is 28.0. The van der Waals surface area contributed by atoms with Gasteiger partial charge in [-0.25, -0.2) is 14.3 Å². The molecule has 11 heteroatoms. The number of ether oxygens (including phenoxy) is 3. The minimum atomic E-state index is -1.94. The molecule has 1 fully saturated rings. The van der Waals surface area contributed by atoms with Crippen LogP contribution in [0.2, 0.25) is 0 Å². The molecule has 28 heavy (non-hydrogen) atoms. The van der Waals surface area contributed by atoms with Crippen LogP contribution in [0.25, 0.3) is 5.52 Å². The van der Waals surface area contributed by atoms with E-state index in [0.717, 1.165) is 0 Å². The van der Waals surface area contributed by atoms with Gasteiger partial charge in [-0.3, -0.25) is 0 Å². The molecule has 0 amide bonds. The predicted octanol–water partition coefficient (Wildman–Crippen LogP) is 0.103. The minimum Gasteiger partial charge on any atom is -0.431 e. The molecule has 5 atom stereocenters. The summed E-state index contributed by atoms with van der Waals surface area (Å²) in [5.74, 6) is 0.176. The number of aliphatic hydroxyl groups excluding tert-OH is 2. The van der Waals surface area contributed by atoms with Gasteiger partial charge in [0.25, 0.3) is 0 Å². The lowest BCUT2D eigenvalue weighted by Crippen LogP contribution is -2.41. The fraction of sp³-hybridized carbons (Fsp3) is 0.529. The van der Waals surface area contributed by atoms with Crippen LogP contribution in [0.4, 0.5) is 10.6 Å². The number of nitrogen functional groups attached to an aromatic ring is 1. The van der Waals surface area contributed by atoms with Crippen LogP contribution in [0.5, 0.6) is 0 Å². The Morgan fingerprint density at radius 2 is 2.29 bits per heavy atom. The van der Waals surface area contributed by atoms with E-state index in [2.05, 4.69) is 10.1 Å². The van der Waals surface area contributed by atoms with E-state index in [9.17, 15) is 20.3 Å². The van der Waals surface area contributed by atoms with Crippen molar-refractivity contribution in [3.63, 3.8) is 0 Å². The molecule has 0 bridgehead atoms. The number of anilines is 1. The van der Waals surface area contributed by atoms with Gasteiger partial charge in [0.15, 0.2) is 5.82 Å². The lowest BCUT2D eigenvalue weighted by Gasteiger charge is -2.24. The van der Waals surface area contributed by atoms with Crippen molar-refractivity contribution < 1.29 is 29.2 Å². The molecule has 3 rings (SSSR count). The zero-order valence-electron chi connectivity index (χ0n) is 15.3. The van der Waals surface area contributed by atoms with Gasteiger partial charge in [-0.2, -0.15) is 10.4 Å². The first-order valence-corrected chi connectivity index (χ1v) is 8.71. The maximum atomic E-state index is 11.7. The molecule has 2 aromatic heterocycles. The number of carbonyl (C=O) groups excluding carboxylic acids is 1. The number of aromatic nitrogens is 3. The topological polar surface area (TPSA) is 165 Å².